The van der Waals surface area contributed by atoms with Crippen molar-refractivity contribution in [2.45, 2.75) is 6.42 Å². The number of aromatic nitrogens is 1. The molecule has 2 N–H and O–H groups in total. The van der Waals surface area contributed by atoms with E-state index in [1.807, 2.05) is 29.6 Å². The predicted octanol–water partition coefficient (Wildman–Crippen LogP) is 4.31. The zero-order valence-electron chi connectivity index (χ0n) is 12.8. The monoisotopic (exact) mass is 341 g/mol. The number of carbonyl (C=O) groups is 1. The van der Waals surface area contributed by atoms with E-state index in [-0.39, 0.29) is 11.8 Å². The van der Waals surface area contributed by atoms with Gasteiger partial charge < -0.3 is 10.6 Å². The van der Waals surface area contributed by atoms with Crippen molar-refractivity contribution < 1.29 is 9.18 Å². The second kappa shape index (κ2) is 7.70. The lowest BCUT2D eigenvalue weighted by Gasteiger charge is -2.08. The average Bonchev–Trinajstić information content (AvgIpc) is 3.11. The Morgan fingerprint density at radius 1 is 1.17 bits per heavy atom. The lowest BCUT2D eigenvalue weighted by atomic mass is 10.1. The van der Waals surface area contributed by atoms with Gasteiger partial charge in [-0.25, -0.2) is 14.2 Å². The fraction of sp³-hybridized carbons (Fsp3) is 0.111. The molecule has 0 saturated heterocycles. The van der Waals surface area contributed by atoms with Crippen molar-refractivity contribution in [3.05, 3.63) is 71.5 Å². The molecule has 0 aliphatic carbocycles. The molecule has 2 amide bonds. The quantitative estimate of drug-likeness (QED) is 0.726. The summed E-state index contributed by atoms with van der Waals surface area (Å²) >= 11 is 1.55. The standard InChI is InChI=1S/C18H16FN3OS/c19-15-6-4-13(5-7-15)8-9-21-18(23)22-16-3-1-2-14(12-16)17-20-10-11-24-17/h1-7,10-12H,8-9H2,(H2,21,22,23). The molecule has 122 valence electrons. The van der Waals surface area contributed by atoms with Gasteiger partial charge in [0.05, 0.1) is 0 Å². The number of urea groups is 1. The van der Waals surface area contributed by atoms with Crippen LogP contribution in [0.15, 0.2) is 60.1 Å². The van der Waals surface area contributed by atoms with Crippen molar-refractivity contribution in [1.82, 2.24) is 10.3 Å². The Morgan fingerprint density at radius 3 is 2.75 bits per heavy atom. The van der Waals surface area contributed by atoms with Crippen LogP contribution in [0, 0.1) is 5.82 Å². The lowest BCUT2D eigenvalue weighted by molar-refractivity contribution is 0.252. The van der Waals surface area contributed by atoms with Gasteiger partial charge in [0.15, 0.2) is 0 Å². The summed E-state index contributed by atoms with van der Waals surface area (Å²) < 4.78 is 12.8. The predicted molar refractivity (Wildman–Crippen MR) is 94.7 cm³/mol. The number of hydrogen-bond donors (Lipinski definition) is 2. The van der Waals surface area contributed by atoms with Gasteiger partial charge in [-0.15, -0.1) is 11.3 Å². The number of rotatable bonds is 5. The van der Waals surface area contributed by atoms with Gasteiger partial charge in [-0.3, -0.25) is 0 Å². The van der Waals surface area contributed by atoms with Gasteiger partial charge in [-0.05, 0) is 36.2 Å². The molecule has 1 aromatic heterocycles. The third-order valence-electron chi connectivity index (χ3n) is 3.41. The molecule has 1 heterocycles. The Morgan fingerprint density at radius 2 is 2.00 bits per heavy atom. The molecule has 3 rings (SSSR count). The van der Waals surface area contributed by atoms with Crippen molar-refractivity contribution in [2.24, 2.45) is 0 Å². The first-order chi connectivity index (χ1) is 11.7. The van der Waals surface area contributed by atoms with Crippen molar-refractivity contribution in [3.63, 3.8) is 0 Å². The number of amides is 2. The van der Waals surface area contributed by atoms with E-state index in [1.54, 1.807) is 29.7 Å². The van der Waals surface area contributed by atoms with E-state index in [9.17, 15) is 9.18 Å². The molecule has 0 aliphatic rings. The molecule has 0 fully saturated rings. The fourth-order valence-corrected chi connectivity index (χ4v) is 2.88. The third kappa shape index (κ3) is 4.39. The lowest BCUT2D eigenvalue weighted by Crippen LogP contribution is -2.30. The Kier molecular flexibility index (Phi) is 5.18. The molecule has 3 aromatic rings. The summed E-state index contributed by atoms with van der Waals surface area (Å²) in [7, 11) is 0. The molecule has 4 nitrogen and oxygen atoms in total. The SMILES string of the molecule is O=C(NCCc1ccc(F)cc1)Nc1cccc(-c2nccs2)c1. The first kappa shape index (κ1) is 16.1. The van der Waals surface area contributed by atoms with Gasteiger partial charge in [0.1, 0.15) is 10.8 Å². The summed E-state index contributed by atoms with van der Waals surface area (Å²) in [5.41, 5.74) is 2.65. The number of thiazole rings is 1. The molecule has 0 unspecified atom stereocenters. The van der Waals surface area contributed by atoms with Crippen LogP contribution >= 0.6 is 11.3 Å². The largest absolute Gasteiger partial charge is 0.338 e. The van der Waals surface area contributed by atoms with Crippen molar-refractivity contribution >= 4 is 23.1 Å². The molecule has 0 aliphatic heterocycles. The zero-order valence-corrected chi connectivity index (χ0v) is 13.6. The van der Waals surface area contributed by atoms with Crippen LogP contribution in [0.1, 0.15) is 5.56 Å². The highest BCUT2D eigenvalue weighted by molar-refractivity contribution is 7.13. The second-order valence-electron chi connectivity index (χ2n) is 5.18. The van der Waals surface area contributed by atoms with Crippen LogP contribution in [-0.4, -0.2) is 17.6 Å². The summed E-state index contributed by atoms with van der Waals surface area (Å²) in [6.07, 6.45) is 2.40. The maximum Gasteiger partial charge on any atom is 0.319 e. The van der Waals surface area contributed by atoms with Gasteiger partial charge in [0.25, 0.3) is 0 Å². The number of hydrogen-bond acceptors (Lipinski definition) is 3. The summed E-state index contributed by atoms with van der Waals surface area (Å²) in [4.78, 5) is 16.2. The number of benzene rings is 2. The van der Waals surface area contributed by atoms with E-state index < -0.39 is 0 Å². The maximum atomic E-state index is 12.8. The first-order valence-corrected chi connectivity index (χ1v) is 8.38. The molecule has 0 spiro atoms. The van der Waals surface area contributed by atoms with Gasteiger partial charge in [0.2, 0.25) is 0 Å². The smallest absolute Gasteiger partial charge is 0.319 e. The first-order valence-electron chi connectivity index (χ1n) is 7.50. The van der Waals surface area contributed by atoms with Gasteiger partial charge in [0, 0.05) is 29.4 Å². The normalized spacial score (nSPS) is 10.4. The number of nitrogens with zero attached hydrogens (tertiary/aromatic N) is 1. The topological polar surface area (TPSA) is 54.0 Å². The van der Waals surface area contributed by atoms with E-state index in [1.165, 1.54) is 12.1 Å². The highest BCUT2D eigenvalue weighted by atomic mass is 32.1. The molecular formula is C18H16FN3OS. The van der Waals surface area contributed by atoms with Gasteiger partial charge in [-0.1, -0.05) is 24.3 Å². The highest BCUT2D eigenvalue weighted by Crippen LogP contribution is 2.24. The summed E-state index contributed by atoms with van der Waals surface area (Å²) in [6, 6.07) is 13.5. The third-order valence-corrected chi connectivity index (χ3v) is 4.23. The summed E-state index contributed by atoms with van der Waals surface area (Å²) in [5.74, 6) is -0.260. The Hall–Kier alpha value is -2.73. The van der Waals surface area contributed by atoms with Crippen molar-refractivity contribution in [3.8, 4) is 10.6 Å². The molecular weight excluding hydrogens is 325 g/mol. The van der Waals surface area contributed by atoms with Crippen LogP contribution in [0.2, 0.25) is 0 Å². The van der Waals surface area contributed by atoms with E-state index in [2.05, 4.69) is 15.6 Å². The minimum absolute atomic E-state index is 0.260. The van der Waals surface area contributed by atoms with Gasteiger partial charge in [-0.2, -0.15) is 0 Å². The van der Waals surface area contributed by atoms with Crippen LogP contribution in [0.4, 0.5) is 14.9 Å². The van der Waals surface area contributed by atoms with Crippen LogP contribution in [0.25, 0.3) is 10.6 Å². The Labute approximate surface area is 143 Å². The van der Waals surface area contributed by atoms with Gasteiger partial charge >= 0.3 is 6.03 Å². The molecule has 0 bridgehead atoms. The Bertz CT molecular complexity index is 803. The fourth-order valence-electron chi connectivity index (χ4n) is 2.24. The number of anilines is 1. The van der Waals surface area contributed by atoms with Crippen molar-refractivity contribution in [1.29, 1.82) is 0 Å². The summed E-state index contributed by atoms with van der Waals surface area (Å²) in [5, 5.41) is 8.42. The number of carbonyl (C=O) groups excluding carboxylic acids is 1. The van der Waals surface area contributed by atoms with Crippen LogP contribution in [0.5, 0.6) is 0 Å². The minimum Gasteiger partial charge on any atom is -0.338 e. The van der Waals surface area contributed by atoms with Crippen LogP contribution in [-0.2, 0) is 6.42 Å². The maximum absolute atomic E-state index is 12.8. The average molecular weight is 341 g/mol. The Balaban J connectivity index is 1.51. The molecule has 6 heteroatoms. The molecule has 24 heavy (non-hydrogen) atoms. The van der Waals surface area contributed by atoms with E-state index in [4.69, 9.17) is 0 Å². The molecule has 0 radical (unpaired) electrons. The van der Waals surface area contributed by atoms with Crippen LogP contribution < -0.4 is 10.6 Å². The number of nitrogens with one attached hydrogen (secondary N) is 2. The minimum atomic E-state index is -0.270. The van der Waals surface area contributed by atoms with E-state index >= 15 is 0 Å². The van der Waals surface area contributed by atoms with E-state index in [0.29, 0.717) is 18.7 Å². The second-order valence-corrected chi connectivity index (χ2v) is 6.07. The van der Waals surface area contributed by atoms with E-state index in [0.717, 1.165) is 16.1 Å². The molecule has 0 saturated carbocycles. The van der Waals surface area contributed by atoms with Crippen molar-refractivity contribution in [2.75, 3.05) is 11.9 Å². The number of halogens is 1. The van der Waals surface area contributed by atoms with Crippen LogP contribution in [0.3, 0.4) is 0 Å². The molecule has 2 aromatic carbocycles. The highest BCUT2D eigenvalue weighted by Gasteiger charge is 2.05. The zero-order chi connectivity index (χ0) is 16.8. The summed E-state index contributed by atoms with van der Waals surface area (Å²) in [6.45, 7) is 0.476. The molecule has 0 atom stereocenters.